The van der Waals surface area contributed by atoms with E-state index in [0.29, 0.717) is 0 Å². The standard InChI is InChI=1S/C12H17NO2/c1-8-5-4-6-10-12(8)15-11(7-14)9(2)13(10)3/h4-6,9,11,14H,7H2,1-3H3. The molecule has 3 nitrogen and oxygen atoms in total. The largest absolute Gasteiger partial charge is 0.483 e. The number of ether oxygens (including phenoxy) is 1. The average molecular weight is 207 g/mol. The third kappa shape index (κ3) is 1.57. The highest BCUT2D eigenvalue weighted by Gasteiger charge is 2.30. The Morgan fingerprint density at radius 3 is 2.87 bits per heavy atom. The van der Waals surface area contributed by atoms with Gasteiger partial charge in [0.1, 0.15) is 11.9 Å². The van der Waals surface area contributed by atoms with Crippen molar-refractivity contribution < 1.29 is 9.84 Å². The second-order valence-electron chi connectivity index (χ2n) is 4.11. The van der Waals surface area contributed by atoms with Crippen LogP contribution in [0.5, 0.6) is 5.75 Å². The monoisotopic (exact) mass is 207 g/mol. The zero-order valence-electron chi connectivity index (χ0n) is 9.40. The summed E-state index contributed by atoms with van der Waals surface area (Å²) in [5.41, 5.74) is 2.22. The number of hydrogen-bond donors (Lipinski definition) is 1. The first-order valence-electron chi connectivity index (χ1n) is 5.25. The number of anilines is 1. The minimum absolute atomic E-state index is 0.0548. The highest BCUT2D eigenvalue weighted by atomic mass is 16.5. The molecule has 0 amide bonds. The number of nitrogens with zero attached hydrogens (tertiary/aromatic N) is 1. The highest BCUT2D eigenvalue weighted by molar-refractivity contribution is 5.63. The van der Waals surface area contributed by atoms with Gasteiger partial charge in [0.25, 0.3) is 0 Å². The van der Waals surface area contributed by atoms with Gasteiger partial charge in [0, 0.05) is 7.05 Å². The molecule has 2 rings (SSSR count). The van der Waals surface area contributed by atoms with Crippen LogP contribution >= 0.6 is 0 Å². The molecule has 0 bridgehead atoms. The van der Waals surface area contributed by atoms with Crippen LogP contribution < -0.4 is 9.64 Å². The van der Waals surface area contributed by atoms with E-state index in [-0.39, 0.29) is 18.8 Å². The molecule has 2 atom stereocenters. The first-order valence-corrected chi connectivity index (χ1v) is 5.25. The summed E-state index contributed by atoms with van der Waals surface area (Å²) in [5, 5.41) is 9.24. The number of aliphatic hydroxyl groups excluding tert-OH is 1. The van der Waals surface area contributed by atoms with E-state index in [9.17, 15) is 5.11 Å². The zero-order chi connectivity index (χ0) is 11.0. The van der Waals surface area contributed by atoms with Gasteiger partial charge in [-0.05, 0) is 25.5 Å². The fourth-order valence-corrected chi connectivity index (χ4v) is 1.98. The van der Waals surface area contributed by atoms with Gasteiger partial charge in [-0.3, -0.25) is 0 Å². The van der Waals surface area contributed by atoms with Crippen molar-refractivity contribution in [2.75, 3.05) is 18.6 Å². The number of rotatable bonds is 1. The first-order chi connectivity index (χ1) is 7.15. The SMILES string of the molecule is Cc1cccc2c1OC(CO)C(C)N2C. The number of para-hydroxylation sites is 1. The van der Waals surface area contributed by atoms with Gasteiger partial charge in [0.2, 0.25) is 0 Å². The van der Waals surface area contributed by atoms with Gasteiger partial charge in [-0.1, -0.05) is 12.1 Å². The summed E-state index contributed by atoms with van der Waals surface area (Å²) in [5.74, 6) is 0.900. The van der Waals surface area contributed by atoms with Crippen molar-refractivity contribution in [2.24, 2.45) is 0 Å². The van der Waals surface area contributed by atoms with Crippen LogP contribution in [0.4, 0.5) is 5.69 Å². The van der Waals surface area contributed by atoms with Crippen LogP contribution in [0.25, 0.3) is 0 Å². The zero-order valence-corrected chi connectivity index (χ0v) is 9.40. The number of aryl methyl sites for hydroxylation is 1. The molecule has 1 aromatic carbocycles. The van der Waals surface area contributed by atoms with Crippen LogP contribution in [0.3, 0.4) is 0 Å². The van der Waals surface area contributed by atoms with Gasteiger partial charge in [-0.25, -0.2) is 0 Å². The summed E-state index contributed by atoms with van der Waals surface area (Å²) >= 11 is 0. The maximum absolute atomic E-state index is 9.24. The molecule has 0 radical (unpaired) electrons. The van der Waals surface area contributed by atoms with Crippen molar-refractivity contribution in [3.63, 3.8) is 0 Å². The average Bonchev–Trinajstić information content (AvgIpc) is 2.24. The quantitative estimate of drug-likeness (QED) is 0.758. The lowest BCUT2D eigenvalue weighted by molar-refractivity contribution is 0.0883. The van der Waals surface area contributed by atoms with Crippen LogP contribution in [0.2, 0.25) is 0 Å². The van der Waals surface area contributed by atoms with Crippen molar-refractivity contribution >= 4 is 5.69 Å². The number of likely N-dealkylation sites (N-methyl/N-ethyl adjacent to an activating group) is 1. The van der Waals surface area contributed by atoms with Crippen LogP contribution in [0.1, 0.15) is 12.5 Å². The maximum Gasteiger partial charge on any atom is 0.146 e. The van der Waals surface area contributed by atoms with E-state index >= 15 is 0 Å². The predicted molar refractivity (Wildman–Crippen MR) is 60.5 cm³/mol. The first kappa shape index (κ1) is 10.3. The van der Waals surface area contributed by atoms with Gasteiger partial charge >= 0.3 is 0 Å². The normalized spacial score (nSPS) is 24.7. The lowest BCUT2D eigenvalue weighted by Gasteiger charge is -2.39. The van der Waals surface area contributed by atoms with Crippen LogP contribution in [-0.4, -0.2) is 30.9 Å². The Hall–Kier alpha value is -1.22. The molecular formula is C12H17NO2. The Morgan fingerprint density at radius 2 is 2.20 bits per heavy atom. The van der Waals surface area contributed by atoms with Gasteiger partial charge in [-0.15, -0.1) is 0 Å². The number of fused-ring (bicyclic) bond motifs is 1. The molecule has 0 spiro atoms. The number of hydrogen-bond acceptors (Lipinski definition) is 3. The minimum Gasteiger partial charge on any atom is -0.483 e. The second kappa shape index (κ2) is 3.74. The van der Waals surface area contributed by atoms with E-state index in [4.69, 9.17) is 4.74 Å². The predicted octanol–water partition coefficient (Wildman–Crippen LogP) is 1.57. The van der Waals surface area contributed by atoms with Crippen molar-refractivity contribution in [2.45, 2.75) is 26.0 Å². The van der Waals surface area contributed by atoms with Gasteiger partial charge < -0.3 is 14.7 Å². The van der Waals surface area contributed by atoms with E-state index in [1.807, 2.05) is 32.2 Å². The van der Waals surface area contributed by atoms with Crippen molar-refractivity contribution in [1.29, 1.82) is 0 Å². The lowest BCUT2D eigenvalue weighted by atomic mass is 10.1. The molecule has 15 heavy (non-hydrogen) atoms. The Labute approximate surface area is 90.3 Å². The van der Waals surface area contributed by atoms with Crippen LogP contribution in [-0.2, 0) is 0 Å². The summed E-state index contributed by atoms with van der Waals surface area (Å²) in [6, 6.07) is 6.30. The van der Waals surface area contributed by atoms with E-state index in [1.165, 1.54) is 0 Å². The van der Waals surface area contributed by atoms with Crippen molar-refractivity contribution in [3.05, 3.63) is 23.8 Å². The van der Waals surface area contributed by atoms with Gasteiger partial charge in [0.15, 0.2) is 0 Å². The molecule has 1 aliphatic heterocycles. The molecular weight excluding hydrogens is 190 g/mol. The summed E-state index contributed by atoms with van der Waals surface area (Å²) < 4.78 is 5.80. The molecule has 0 aliphatic carbocycles. The Kier molecular flexibility index (Phi) is 2.57. The van der Waals surface area contributed by atoms with Gasteiger partial charge in [0.05, 0.1) is 18.3 Å². The summed E-state index contributed by atoms with van der Waals surface area (Å²) in [6.45, 7) is 4.14. The van der Waals surface area contributed by atoms with Gasteiger partial charge in [-0.2, -0.15) is 0 Å². The maximum atomic E-state index is 9.24. The summed E-state index contributed by atoms with van der Waals surface area (Å²) in [6.07, 6.45) is -0.136. The molecule has 0 fully saturated rings. The van der Waals surface area contributed by atoms with Crippen LogP contribution in [0.15, 0.2) is 18.2 Å². The minimum atomic E-state index is -0.136. The second-order valence-corrected chi connectivity index (χ2v) is 4.11. The molecule has 3 heteroatoms. The van der Waals surface area contributed by atoms with Crippen LogP contribution in [0, 0.1) is 6.92 Å². The molecule has 0 saturated carbocycles. The Balaban J connectivity index is 2.45. The Morgan fingerprint density at radius 1 is 1.47 bits per heavy atom. The number of benzene rings is 1. The fourth-order valence-electron chi connectivity index (χ4n) is 1.98. The molecule has 1 heterocycles. The fraction of sp³-hybridized carbons (Fsp3) is 0.500. The number of aliphatic hydroxyl groups is 1. The lowest BCUT2D eigenvalue weighted by Crippen LogP contribution is -2.48. The smallest absolute Gasteiger partial charge is 0.146 e. The molecule has 1 N–H and O–H groups in total. The molecule has 0 aromatic heterocycles. The molecule has 0 saturated heterocycles. The molecule has 2 unspecified atom stereocenters. The molecule has 1 aromatic rings. The third-order valence-electron chi connectivity index (χ3n) is 3.17. The topological polar surface area (TPSA) is 32.7 Å². The van der Waals surface area contributed by atoms with E-state index in [2.05, 4.69) is 11.8 Å². The third-order valence-corrected chi connectivity index (χ3v) is 3.17. The van der Waals surface area contributed by atoms with Crippen molar-refractivity contribution in [1.82, 2.24) is 0 Å². The highest BCUT2D eigenvalue weighted by Crippen LogP contribution is 2.37. The van der Waals surface area contributed by atoms with E-state index in [0.717, 1.165) is 17.0 Å². The summed E-state index contributed by atoms with van der Waals surface area (Å²) in [7, 11) is 2.04. The Bertz CT molecular complexity index is 365. The summed E-state index contributed by atoms with van der Waals surface area (Å²) in [4.78, 5) is 2.16. The van der Waals surface area contributed by atoms with E-state index in [1.54, 1.807) is 0 Å². The van der Waals surface area contributed by atoms with Crippen molar-refractivity contribution in [3.8, 4) is 5.75 Å². The van der Waals surface area contributed by atoms with E-state index < -0.39 is 0 Å². The molecule has 82 valence electrons. The molecule has 1 aliphatic rings.